The normalized spacial score (nSPS) is 11.2. The van der Waals surface area contributed by atoms with Crippen LogP contribution in [0.1, 0.15) is 32.3 Å². The monoisotopic (exact) mass is 460 g/mol. The van der Waals surface area contributed by atoms with E-state index in [2.05, 4.69) is 19.7 Å². The molecule has 0 aromatic heterocycles. The molecule has 0 fully saturated rings. The van der Waals surface area contributed by atoms with Crippen LogP contribution in [-0.4, -0.2) is 18.5 Å². The van der Waals surface area contributed by atoms with E-state index in [4.69, 9.17) is 9.47 Å². The Morgan fingerprint density at radius 3 is 2.26 bits per heavy atom. The number of carbonyl (C=O) groups excluding carboxylic acids is 2. The first-order valence-corrected chi connectivity index (χ1v) is 10.8. The summed E-state index contributed by atoms with van der Waals surface area (Å²) in [6.45, 7) is 14.4. The average molecular weight is 461 g/mol. The fraction of sp³-hybridized carbons (Fsp3) is 0.172. The van der Waals surface area contributed by atoms with Crippen molar-refractivity contribution in [1.82, 2.24) is 0 Å². The summed E-state index contributed by atoms with van der Waals surface area (Å²) in [5.41, 5.74) is 3.25. The van der Waals surface area contributed by atoms with E-state index < -0.39 is 5.97 Å². The summed E-state index contributed by atoms with van der Waals surface area (Å²) in [6.07, 6.45) is 8.76. The molecule has 5 heteroatoms. The van der Waals surface area contributed by atoms with Crippen molar-refractivity contribution in [3.05, 3.63) is 109 Å². The topological polar surface area (TPSA) is 52.6 Å². The van der Waals surface area contributed by atoms with Crippen LogP contribution in [0.5, 0.6) is 5.75 Å². The third kappa shape index (κ3) is 7.85. The Bertz CT molecular complexity index is 1140. The van der Waals surface area contributed by atoms with E-state index in [1.807, 2.05) is 24.3 Å². The van der Waals surface area contributed by atoms with Crippen LogP contribution in [0.4, 0.5) is 4.39 Å². The molecule has 0 unspecified atom stereocenters. The zero-order valence-electron chi connectivity index (χ0n) is 19.6. The van der Waals surface area contributed by atoms with Gasteiger partial charge in [-0.2, -0.15) is 0 Å². The van der Waals surface area contributed by atoms with Crippen molar-refractivity contribution in [2.75, 3.05) is 6.61 Å². The summed E-state index contributed by atoms with van der Waals surface area (Å²) in [5, 5.41) is 0. The van der Waals surface area contributed by atoms with Crippen LogP contribution in [0.25, 0.3) is 16.7 Å². The first-order chi connectivity index (χ1) is 16.2. The van der Waals surface area contributed by atoms with E-state index in [0.717, 1.165) is 12.0 Å². The van der Waals surface area contributed by atoms with E-state index in [1.54, 1.807) is 50.3 Å². The van der Waals surface area contributed by atoms with Gasteiger partial charge in [-0.1, -0.05) is 68.3 Å². The zero-order chi connectivity index (χ0) is 25.1. The molecule has 0 aliphatic heterocycles. The third-order valence-electron chi connectivity index (χ3n) is 4.76. The van der Waals surface area contributed by atoms with E-state index in [1.165, 1.54) is 6.07 Å². The quantitative estimate of drug-likeness (QED) is 0.119. The molecule has 0 aliphatic carbocycles. The molecule has 0 bridgehead atoms. The number of carbonyl (C=O) groups is 2. The summed E-state index contributed by atoms with van der Waals surface area (Å²) in [4.78, 5) is 22.9. The van der Waals surface area contributed by atoms with Gasteiger partial charge >= 0.3 is 11.9 Å². The molecule has 0 aliphatic rings. The predicted molar refractivity (Wildman–Crippen MR) is 135 cm³/mol. The first kappa shape index (κ1) is 26.3. The van der Waals surface area contributed by atoms with Crippen molar-refractivity contribution < 1.29 is 23.5 Å². The lowest BCUT2D eigenvalue weighted by atomic mass is 9.99. The van der Waals surface area contributed by atoms with Crippen molar-refractivity contribution >= 4 is 17.5 Å². The molecule has 0 radical (unpaired) electrons. The highest BCUT2D eigenvalue weighted by molar-refractivity contribution is 5.89. The molecule has 176 valence electrons. The van der Waals surface area contributed by atoms with Gasteiger partial charge in [0.15, 0.2) is 0 Å². The van der Waals surface area contributed by atoms with Gasteiger partial charge in [0.25, 0.3) is 0 Å². The minimum Gasteiger partial charge on any atom is -0.462 e. The summed E-state index contributed by atoms with van der Waals surface area (Å²) in [5.74, 6) is -0.899. The van der Waals surface area contributed by atoms with Crippen LogP contribution < -0.4 is 4.74 Å². The number of ether oxygens (including phenoxy) is 2. The van der Waals surface area contributed by atoms with Crippen molar-refractivity contribution in [2.24, 2.45) is 0 Å². The zero-order valence-corrected chi connectivity index (χ0v) is 19.6. The molecule has 2 rings (SSSR count). The van der Waals surface area contributed by atoms with Gasteiger partial charge in [0.2, 0.25) is 0 Å². The molecule has 2 aromatic carbocycles. The molecule has 0 atom stereocenters. The van der Waals surface area contributed by atoms with Crippen LogP contribution in [0.15, 0.2) is 97.7 Å². The molecule has 0 heterocycles. The highest BCUT2D eigenvalue weighted by atomic mass is 19.1. The average Bonchev–Trinajstić information content (AvgIpc) is 2.81. The van der Waals surface area contributed by atoms with Gasteiger partial charge in [0.05, 0.1) is 6.61 Å². The number of unbranched alkanes of at least 4 members (excludes halogenated alkanes) is 1. The van der Waals surface area contributed by atoms with Gasteiger partial charge < -0.3 is 9.47 Å². The minimum absolute atomic E-state index is 0.302. The summed E-state index contributed by atoms with van der Waals surface area (Å²) in [6, 6.07) is 11.6. The van der Waals surface area contributed by atoms with Crippen LogP contribution in [0.3, 0.4) is 0 Å². The molecule has 2 aromatic rings. The van der Waals surface area contributed by atoms with Gasteiger partial charge in [-0.25, -0.2) is 14.0 Å². The van der Waals surface area contributed by atoms with Crippen LogP contribution in [-0.2, 0) is 14.3 Å². The van der Waals surface area contributed by atoms with Crippen molar-refractivity contribution in [3.8, 4) is 16.9 Å². The Labute approximate surface area is 200 Å². The van der Waals surface area contributed by atoms with Gasteiger partial charge in [0.1, 0.15) is 11.6 Å². The van der Waals surface area contributed by atoms with Crippen LogP contribution in [0.2, 0.25) is 0 Å². The second-order valence-electron chi connectivity index (χ2n) is 7.70. The van der Waals surface area contributed by atoms with Crippen molar-refractivity contribution in [1.29, 1.82) is 0 Å². The lowest BCUT2D eigenvalue weighted by Gasteiger charge is -2.09. The van der Waals surface area contributed by atoms with Crippen molar-refractivity contribution in [2.45, 2.75) is 26.7 Å². The lowest BCUT2D eigenvalue weighted by Crippen LogP contribution is -2.07. The van der Waals surface area contributed by atoms with E-state index in [9.17, 15) is 14.0 Å². The smallest absolute Gasteiger partial charge is 0.338 e. The van der Waals surface area contributed by atoms with E-state index in [0.29, 0.717) is 46.6 Å². The van der Waals surface area contributed by atoms with Crippen LogP contribution in [0, 0.1) is 5.82 Å². The van der Waals surface area contributed by atoms with E-state index >= 15 is 0 Å². The molecule has 34 heavy (non-hydrogen) atoms. The van der Waals surface area contributed by atoms with Gasteiger partial charge in [-0.05, 0) is 61.6 Å². The molecule has 0 N–H and O–H groups in total. The van der Waals surface area contributed by atoms with Gasteiger partial charge in [0, 0.05) is 16.7 Å². The van der Waals surface area contributed by atoms with Crippen LogP contribution >= 0.6 is 0 Å². The third-order valence-corrected chi connectivity index (χ3v) is 4.76. The maximum atomic E-state index is 14.9. The number of hydrogen-bond acceptors (Lipinski definition) is 4. The second kappa shape index (κ2) is 12.9. The fourth-order valence-electron chi connectivity index (χ4n) is 2.86. The lowest BCUT2D eigenvalue weighted by molar-refractivity contribution is -0.139. The second-order valence-corrected chi connectivity index (χ2v) is 7.70. The Hall–Kier alpha value is -3.99. The Balaban J connectivity index is 2.02. The minimum atomic E-state index is -0.507. The maximum absolute atomic E-state index is 14.9. The molecule has 0 saturated carbocycles. The first-order valence-electron chi connectivity index (χ1n) is 10.8. The highest BCUT2D eigenvalue weighted by Crippen LogP contribution is 2.28. The molecule has 0 saturated heterocycles. The van der Waals surface area contributed by atoms with Gasteiger partial charge in [-0.3, -0.25) is 0 Å². The number of allylic oxidation sites excluding steroid dienone is 5. The predicted octanol–water partition coefficient (Wildman–Crippen LogP) is 7.00. The Morgan fingerprint density at radius 2 is 1.68 bits per heavy atom. The SMILES string of the molecule is C=C/C(=C\C=C\CCCOC(=O)C(=C)C)c1ccc(-c2ccc(OC(=O)C(=C)C)cc2)c(F)c1. The summed E-state index contributed by atoms with van der Waals surface area (Å²) < 4.78 is 25.1. The number of hydrogen-bond donors (Lipinski definition) is 0. The van der Waals surface area contributed by atoms with Crippen molar-refractivity contribution in [3.63, 3.8) is 0 Å². The summed E-state index contributed by atoms with van der Waals surface area (Å²) in [7, 11) is 0. The largest absolute Gasteiger partial charge is 0.462 e. The fourth-order valence-corrected chi connectivity index (χ4v) is 2.86. The Morgan fingerprint density at radius 1 is 1.00 bits per heavy atom. The maximum Gasteiger partial charge on any atom is 0.338 e. The standard InChI is InChI=1S/C29H29FO4/c1-6-22(11-9-7-8-10-18-33-28(31)20(2)3)24-14-17-26(27(30)19-24)23-12-15-25(16-13-23)34-29(32)21(4)5/h6-7,9,11-17,19H,1-2,4,8,10,18H2,3,5H3/b9-7+,22-11+. The van der Waals surface area contributed by atoms with E-state index in [-0.39, 0.29) is 11.8 Å². The number of halogens is 1. The molecule has 4 nitrogen and oxygen atoms in total. The molecular weight excluding hydrogens is 431 g/mol. The Kier molecular flexibility index (Phi) is 9.96. The molecule has 0 amide bonds. The molecule has 0 spiro atoms. The molecular formula is C29H29FO4. The number of benzene rings is 2. The highest BCUT2D eigenvalue weighted by Gasteiger charge is 2.10. The van der Waals surface area contributed by atoms with Gasteiger partial charge in [-0.15, -0.1) is 0 Å². The summed E-state index contributed by atoms with van der Waals surface area (Å²) >= 11 is 0. The number of esters is 2. The number of rotatable bonds is 11.